The van der Waals surface area contributed by atoms with Gasteiger partial charge in [-0.3, -0.25) is 9.59 Å². The van der Waals surface area contributed by atoms with E-state index in [9.17, 15) is 35.9 Å². The lowest BCUT2D eigenvalue weighted by Crippen LogP contribution is -2.38. The zero-order valence-electron chi connectivity index (χ0n) is 20.5. The molecule has 0 saturated heterocycles. The van der Waals surface area contributed by atoms with E-state index in [0.29, 0.717) is 30.9 Å². The SMILES string of the molecule is COCCCC(=O)N(CCC(=O)NC1=CC(C(F)(F)F)C(C)C(C(F)(F)F)=C1)c1c(C)cccc1C. The summed E-state index contributed by atoms with van der Waals surface area (Å²) in [6, 6.07) is 5.41. The summed E-state index contributed by atoms with van der Waals surface area (Å²) in [5.41, 5.74) is 0.233. The van der Waals surface area contributed by atoms with Crippen LogP contribution < -0.4 is 10.2 Å². The molecule has 1 aromatic carbocycles. The predicted octanol–water partition coefficient (Wildman–Crippen LogP) is 5.77. The number of alkyl halides is 6. The van der Waals surface area contributed by atoms with E-state index in [2.05, 4.69) is 5.32 Å². The third-order valence-corrected chi connectivity index (χ3v) is 6.00. The highest BCUT2D eigenvalue weighted by atomic mass is 19.4. The number of rotatable bonds is 9. The highest BCUT2D eigenvalue weighted by Gasteiger charge is 2.50. The van der Waals surface area contributed by atoms with Crippen molar-refractivity contribution in [3.63, 3.8) is 0 Å². The molecule has 2 amide bonds. The average Bonchev–Trinajstić information content (AvgIpc) is 2.75. The number of methoxy groups -OCH3 is 1. The fourth-order valence-electron chi connectivity index (χ4n) is 4.21. The molecule has 0 aliphatic heterocycles. The van der Waals surface area contributed by atoms with E-state index in [1.165, 1.54) is 12.0 Å². The van der Waals surface area contributed by atoms with Crippen molar-refractivity contribution in [1.82, 2.24) is 5.32 Å². The van der Waals surface area contributed by atoms with E-state index in [1.807, 2.05) is 6.07 Å². The summed E-state index contributed by atoms with van der Waals surface area (Å²) >= 11 is 0. The largest absolute Gasteiger partial charge is 0.413 e. The number of ether oxygens (including phenoxy) is 1. The molecule has 1 aliphatic rings. The van der Waals surface area contributed by atoms with Crippen LogP contribution in [0.25, 0.3) is 0 Å². The smallest absolute Gasteiger partial charge is 0.385 e. The second-order valence-corrected chi connectivity index (χ2v) is 8.76. The van der Waals surface area contributed by atoms with E-state index < -0.39 is 41.4 Å². The Morgan fingerprint density at radius 1 is 1.06 bits per heavy atom. The second-order valence-electron chi connectivity index (χ2n) is 8.76. The van der Waals surface area contributed by atoms with Crippen molar-refractivity contribution in [2.75, 3.05) is 25.2 Å². The second kappa shape index (κ2) is 11.9. The summed E-state index contributed by atoms with van der Waals surface area (Å²) < 4.78 is 85.3. The summed E-state index contributed by atoms with van der Waals surface area (Å²) in [4.78, 5) is 27.0. The van der Waals surface area contributed by atoms with Gasteiger partial charge in [-0.25, -0.2) is 0 Å². The number of para-hydroxylation sites is 1. The van der Waals surface area contributed by atoms with Crippen LogP contribution in [-0.2, 0) is 14.3 Å². The summed E-state index contributed by atoms with van der Waals surface area (Å²) in [5, 5.41) is 2.16. The number of hydrogen-bond acceptors (Lipinski definition) is 3. The third kappa shape index (κ3) is 7.59. The number of carbonyl (C=O) groups is 2. The fourth-order valence-corrected chi connectivity index (χ4v) is 4.21. The summed E-state index contributed by atoms with van der Waals surface area (Å²) in [6.45, 7) is 4.70. The average molecular weight is 521 g/mol. The van der Waals surface area contributed by atoms with Crippen molar-refractivity contribution in [3.8, 4) is 0 Å². The minimum Gasteiger partial charge on any atom is -0.385 e. The van der Waals surface area contributed by atoms with Crippen molar-refractivity contribution in [1.29, 1.82) is 0 Å². The molecule has 11 heteroatoms. The van der Waals surface area contributed by atoms with Gasteiger partial charge in [-0.15, -0.1) is 0 Å². The molecule has 1 aromatic rings. The molecule has 5 nitrogen and oxygen atoms in total. The van der Waals surface area contributed by atoms with E-state index in [4.69, 9.17) is 4.74 Å². The van der Waals surface area contributed by atoms with Crippen molar-refractivity contribution < 1.29 is 40.7 Å². The first-order valence-electron chi connectivity index (χ1n) is 11.4. The Morgan fingerprint density at radius 3 is 2.19 bits per heavy atom. The lowest BCUT2D eigenvalue weighted by atomic mass is 9.81. The van der Waals surface area contributed by atoms with Gasteiger partial charge in [0.05, 0.1) is 5.92 Å². The van der Waals surface area contributed by atoms with Gasteiger partial charge in [-0.1, -0.05) is 25.1 Å². The Balaban J connectivity index is 2.24. The summed E-state index contributed by atoms with van der Waals surface area (Å²) in [5.74, 6) is -5.34. The highest BCUT2D eigenvalue weighted by Crippen LogP contribution is 2.45. The number of nitrogens with one attached hydrogen (secondary N) is 1. The quantitative estimate of drug-likeness (QED) is 0.332. The number of benzene rings is 1. The molecular formula is C25H30F6N2O3. The molecule has 2 unspecified atom stereocenters. The highest BCUT2D eigenvalue weighted by molar-refractivity contribution is 5.95. The lowest BCUT2D eigenvalue weighted by Gasteiger charge is -2.31. The van der Waals surface area contributed by atoms with Gasteiger partial charge in [-0.05, 0) is 43.5 Å². The van der Waals surface area contributed by atoms with Gasteiger partial charge in [0, 0.05) is 56.0 Å². The molecule has 0 aromatic heterocycles. The molecule has 2 atom stereocenters. The van der Waals surface area contributed by atoms with E-state index in [1.54, 1.807) is 26.0 Å². The maximum atomic E-state index is 13.4. The first kappa shape index (κ1) is 29.4. The van der Waals surface area contributed by atoms with Crippen LogP contribution in [0, 0.1) is 25.7 Å². The first-order chi connectivity index (χ1) is 16.7. The number of carbonyl (C=O) groups excluding carboxylic acids is 2. The number of hydrogen-bond donors (Lipinski definition) is 1. The molecule has 2 rings (SSSR count). The lowest BCUT2D eigenvalue weighted by molar-refractivity contribution is -0.177. The standard InChI is InChI=1S/C25H30F6N2O3/c1-15-7-5-8-16(2)23(15)33(22(35)9-6-12-36-4)11-10-21(34)32-18-13-19(24(26,27)28)17(3)20(14-18)25(29,30)31/h5,7-8,13-14,17,19H,6,9-12H2,1-4H3,(H,32,34). The molecule has 0 saturated carbocycles. The van der Waals surface area contributed by atoms with Crippen molar-refractivity contribution in [2.45, 2.75) is 52.4 Å². The van der Waals surface area contributed by atoms with E-state index in [0.717, 1.165) is 18.1 Å². The Labute approximate surface area is 206 Å². The molecule has 0 fully saturated rings. The van der Waals surface area contributed by atoms with Gasteiger partial charge in [-0.2, -0.15) is 26.3 Å². The Bertz CT molecular complexity index is 994. The van der Waals surface area contributed by atoms with Crippen molar-refractivity contribution in [3.05, 3.63) is 52.7 Å². The number of aryl methyl sites for hydroxylation is 2. The zero-order valence-corrected chi connectivity index (χ0v) is 20.5. The van der Waals surface area contributed by atoms with E-state index >= 15 is 0 Å². The number of amides is 2. The molecule has 200 valence electrons. The fraction of sp³-hybridized carbons (Fsp3) is 0.520. The Kier molecular flexibility index (Phi) is 9.76. The molecule has 1 aliphatic carbocycles. The monoisotopic (exact) mass is 520 g/mol. The third-order valence-electron chi connectivity index (χ3n) is 6.00. The van der Waals surface area contributed by atoms with Crippen LogP contribution in [0.1, 0.15) is 37.3 Å². The van der Waals surface area contributed by atoms with Crippen molar-refractivity contribution in [2.24, 2.45) is 11.8 Å². The van der Waals surface area contributed by atoms with Gasteiger partial charge in [0.25, 0.3) is 0 Å². The minimum atomic E-state index is -4.99. The van der Waals surface area contributed by atoms with Crippen LogP contribution in [0.2, 0.25) is 0 Å². The van der Waals surface area contributed by atoms with Gasteiger partial charge in [0.15, 0.2) is 0 Å². The molecule has 0 radical (unpaired) electrons. The zero-order chi connectivity index (χ0) is 27.3. The minimum absolute atomic E-state index is 0.106. The Hall–Kier alpha value is -2.82. The molecule has 0 bridgehead atoms. The normalized spacial score (nSPS) is 18.4. The Morgan fingerprint density at radius 2 is 1.67 bits per heavy atom. The topological polar surface area (TPSA) is 58.6 Å². The summed E-state index contributed by atoms with van der Waals surface area (Å²) in [6.07, 6.45) is -8.53. The van der Waals surface area contributed by atoms with Crippen LogP contribution in [0.5, 0.6) is 0 Å². The number of allylic oxidation sites excluding steroid dienone is 3. The van der Waals surface area contributed by atoms with Crippen LogP contribution >= 0.6 is 0 Å². The molecule has 1 N–H and O–H groups in total. The van der Waals surface area contributed by atoms with Gasteiger partial charge in [0.1, 0.15) is 0 Å². The maximum absolute atomic E-state index is 13.4. The maximum Gasteiger partial charge on any atom is 0.413 e. The van der Waals surface area contributed by atoms with E-state index in [-0.39, 0.29) is 25.3 Å². The van der Waals surface area contributed by atoms with Crippen LogP contribution in [0.3, 0.4) is 0 Å². The van der Waals surface area contributed by atoms with Crippen LogP contribution in [-0.4, -0.2) is 44.4 Å². The number of halogens is 6. The van der Waals surface area contributed by atoms with Crippen LogP contribution in [0.4, 0.5) is 32.0 Å². The number of anilines is 1. The predicted molar refractivity (Wildman–Crippen MR) is 123 cm³/mol. The van der Waals surface area contributed by atoms with Gasteiger partial charge in [0.2, 0.25) is 11.8 Å². The van der Waals surface area contributed by atoms with Crippen molar-refractivity contribution >= 4 is 17.5 Å². The first-order valence-corrected chi connectivity index (χ1v) is 11.4. The molecule has 0 spiro atoms. The molecule has 0 heterocycles. The molecular weight excluding hydrogens is 490 g/mol. The van der Waals surface area contributed by atoms with Gasteiger partial charge >= 0.3 is 12.4 Å². The summed E-state index contributed by atoms with van der Waals surface area (Å²) in [7, 11) is 1.50. The molecule has 36 heavy (non-hydrogen) atoms. The van der Waals surface area contributed by atoms with Crippen LogP contribution in [0.15, 0.2) is 41.6 Å². The number of nitrogens with zero attached hydrogens (tertiary/aromatic N) is 1. The van der Waals surface area contributed by atoms with Gasteiger partial charge < -0.3 is 15.0 Å².